The summed E-state index contributed by atoms with van der Waals surface area (Å²) in [5, 5.41) is 7.34. The summed E-state index contributed by atoms with van der Waals surface area (Å²) in [6, 6.07) is 0. The van der Waals surface area contributed by atoms with Gasteiger partial charge in [-0.1, -0.05) is 0 Å². The lowest BCUT2D eigenvalue weighted by Gasteiger charge is -2.33. The zero-order valence-corrected chi connectivity index (χ0v) is 30.7. The molecule has 6 atom stereocenters. The van der Waals surface area contributed by atoms with Crippen molar-refractivity contribution in [2.24, 2.45) is 5.41 Å². The first kappa shape index (κ1) is 31.6. The molecule has 208 valence electrons. The molecule has 6 saturated heterocycles. The summed E-state index contributed by atoms with van der Waals surface area (Å²) in [7, 11) is 0. The van der Waals surface area contributed by atoms with Gasteiger partial charge in [0.05, 0.1) is 0 Å². The molecule has 6 fully saturated rings. The predicted octanol–water partition coefficient (Wildman–Crippen LogP) is 8.01. The maximum atomic E-state index is 2.28. The molecule has 0 radical (unpaired) electrons. The summed E-state index contributed by atoms with van der Waals surface area (Å²) in [6.07, 6.45) is 0. The van der Waals surface area contributed by atoms with E-state index in [4.69, 9.17) is 0 Å². The van der Waals surface area contributed by atoms with Crippen molar-refractivity contribution in [3.63, 3.8) is 0 Å². The fourth-order valence-corrected chi connectivity index (χ4v) is 17.5. The summed E-state index contributed by atoms with van der Waals surface area (Å²) in [5.74, 6) is 22.6. The van der Waals surface area contributed by atoms with Crippen LogP contribution in [-0.2, 0) is 0 Å². The molecule has 0 saturated carbocycles. The van der Waals surface area contributed by atoms with E-state index < -0.39 is 0 Å². The average molecular weight is 713 g/mol. The zero-order valence-electron chi connectivity index (χ0n) is 20.9. The Kier molecular flexibility index (Phi) is 15.4. The lowest BCUT2D eigenvalue weighted by molar-refractivity contribution is 0.515. The molecule has 0 nitrogen and oxygen atoms in total. The van der Waals surface area contributed by atoms with Crippen molar-refractivity contribution in [3.05, 3.63) is 0 Å². The molecule has 0 spiro atoms. The Morgan fingerprint density at radius 1 is 0.389 bits per heavy atom. The number of rotatable bonds is 22. The highest BCUT2D eigenvalue weighted by Crippen LogP contribution is 2.43. The molecule has 0 aromatic carbocycles. The van der Waals surface area contributed by atoms with Gasteiger partial charge in [0.15, 0.2) is 0 Å². The second-order valence-electron chi connectivity index (χ2n) is 10.2. The summed E-state index contributed by atoms with van der Waals surface area (Å²) < 4.78 is 0. The Bertz CT molecular complexity index is 523. The Hall–Kier alpha value is 4.20. The van der Waals surface area contributed by atoms with Crippen LogP contribution in [-0.4, -0.2) is 129 Å². The molecule has 36 heavy (non-hydrogen) atoms. The van der Waals surface area contributed by atoms with Crippen molar-refractivity contribution in [2.45, 2.75) is 31.5 Å². The largest absolute Gasteiger partial charge is 0.160 e. The van der Waals surface area contributed by atoms with Gasteiger partial charge in [0.2, 0.25) is 0 Å². The number of thioether (sulfide) groups is 12. The van der Waals surface area contributed by atoms with Crippen LogP contribution in [0.3, 0.4) is 0 Å². The lowest BCUT2D eigenvalue weighted by Crippen LogP contribution is -2.34. The van der Waals surface area contributed by atoms with Gasteiger partial charge in [-0.05, 0) is 0 Å². The fourth-order valence-electron chi connectivity index (χ4n) is 3.28. The van der Waals surface area contributed by atoms with Crippen LogP contribution in [0.25, 0.3) is 0 Å². The van der Waals surface area contributed by atoms with Crippen molar-refractivity contribution in [2.75, 3.05) is 97.1 Å². The normalized spacial score (nSPS) is 34.3. The highest BCUT2D eigenvalue weighted by Gasteiger charge is 2.35. The van der Waals surface area contributed by atoms with Gasteiger partial charge in [0.1, 0.15) is 0 Å². The van der Waals surface area contributed by atoms with Gasteiger partial charge in [0.25, 0.3) is 0 Å². The van der Waals surface area contributed by atoms with Gasteiger partial charge in [-0.3, -0.25) is 0 Å². The van der Waals surface area contributed by atoms with Gasteiger partial charge in [-0.2, -0.15) is 118 Å². The molecule has 12 heteroatoms. The maximum Gasteiger partial charge on any atom is 0.0392 e. The molecule has 6 heterocycles. The maximum absolute atomic E-state index is 2.28. The first-order chi connectivity index (χ1) is 17.8. The fraction of sp³-hybridized carbons (Fsp3) is 1.00. The van der Waals surface area contributed by atoms with Crippen LogP contribution < -0.4 is 0 Å². The van der Waals surface area contributed by atoms with Crippen LogP contribution in [0.4, 0.5) is 0 Å². The number of hydrogen-bond acceptors (Lipinski definition) is 12. The van der Waals surface area contributed by atoms with E-state index in [-0.39, 0.29) is 0 Å². The second-order valence-corrected chi connectivity index (χ2v) is 24.7. The standard InChI is InChI=1S/C17H28S8.C7H12S4/c1(13-5-22-13)18-9-17(10-19-2-14-6-23-14,11-20-3-15-7-24-15)12-21-4-16-8-25-16;1(6-3-10-6)8-5-9-2-7-4-11-7/h13-16H,1-12H2;6-7H,1-5H2. The van der Waals surface area contributed by atoms with Crippen molar-refractivity contribution >= 4 is 141 Å². The van der Waals surface area contributed by atoms with E-state index >= 15 is 0 Å². The number of hydrogen-bond donors (Lipinski definition) is 0. The molecule has 6 aliphatic rings. The van der Waals surface area contributed by atoms with E-state index in [2.05, 4.69) is 141 Å². The van der Waals surface area contributed by atoms with Crippen molar-refractivity contribution in [1.82, 2.24) is 0 Å². The highest BCUT2D eigenvalue weighted by molar-refractivity contribution is 8.17. The quantitative estimate of drug-likeness (QED) is 0.0607. The third-order valence-electron chi connectivity index (χ3n) is 6.04. The summed E-state index contributed by atoms with van der Waals surface area (Å²) >= 11 is 26.2. The van der Waals surface area contributed by atoms with Crippen molar-refractivity contribution in [1.29, 1.82) is 0 Å². The van der Waals surface area contributed by atoms with Crippen LogP contribution in [0.1, 0.15) is 0 Å². The van der Waals surface area contributed by atoms with Gasteiger partial charge < -0.3 is 0 Å². The monoisotopic (exact) mass is 712 g/mol. The highest BCUT2D eigenvalue weighted by atomic mass is 32.2. The van der Waals surface area contributed by atoms with E-state index in [1.165, 1.54) is 97.1 Å². The Labute approximate surface area is 272 Å². The molecule has 0 amide bonds. The molecule has 0 aromatic rings. The molecule has 0 bridgehead atoms. The lowest BCUT2D eigenvalue weighted by atomic mass is 9.99. The Morgan fingerprint density at radius 3 is 0.833 bits per heavy atom. The van der Waals surface area contributed by atoms with Crippen LogP contribution in [0.15, 0.2) is 0 Å². The first-order valence-electron chi connectivity index (χ1n) is 12.9. The average Bonchev–Trinajstić information content (AvgIpc) is 3.64. The molecule has 6 unspecified atom stereocenters. The first-order valence-corrected chi connectivity index (χ1v) is 26.1. The van der Waals surface area contributed by atoms with Gasteiger partial charge >= 0.3 is 0 Å². The van der Waals surface area contributed by atoms with E-state index in [0.29, 0.717) is 5.41 Å². The minimum atomic E-state index is 0.572. The van der Waals surface area contributed by atoms with E-state index in [1.807, 2.05) is 0 Å². The molecule has 0 aromatic heterocycles. The molecule has 6 aliphatic heterocycles. The van der Waals surface area contributed by atoms with Gasteiger partial charge in [-0.15, -0.1) is 23.5 Å². The summed E-state index contributed by atoms with van der Waals surface area (Å²) in [4.78, 5) is 0. The van der Waals surface area contributed by atoms with Crippen LogP contribution >= 0.6 is 141 Å². The van der Waals surface area contributed by atoms with Crippen LogP contribution in [0, 0.1) is 5.41 Å². The van der Waals surface area contributed by atoms with E-state index in [1.54, 1.807) is 0 Å². The predicted molar refractivity (Wildman–Crippen MR) is 199 cm³/mol. The van der Waals surface area contributed by atoms with E-state index in [0.717, 1.165) is 31.5 Å². The zero-order chi connectivity index (χ0) is 24.5. The Balaban J connectivity index is 0.000000202. The van der Waals surface area contributed by atoms with Crippen molar-refractivity contribution in [3.8, 4) is 0 Å². The summed E-state index contributed by atoms with van der Waals surface area (Å²) in [5.41, 5.74) is 0.572. The molecular weight excluding hydrogens is 673 g/mol. The minimum absolute atomic E-state index is 0.572. The van der Waals surface area contributed by atoms with Crippen LogP contribution in [0.5, 0.6) is 0 Å². The summed E-state index contributed by atoms with van der Waals surface area (Å²) in [6.45, 7) is 0. The van der Waals surface area contributed by atoms with E-state index in [9.17, 15) is 0 Å². The third-order valence-corrected chi connectivity index (χ3v) is 21.6. The van der Waals surface area contributed by atoms with Gasteiger partial charge in [0, 0.05) is 134 Å². The van der Waals surface area contributed by atoms with Crippen LogP contribution in [0.2, 0.25) is 0 Å². The molecular formula is C24H40S12. The van der Waals surface area contributed by atoms with Crippen molar-refractivity contribution < 1.29 is 0 Å². The smallest absolute Gasteiger partial charge is 0.0392 e. The molecule has 0 aliphatic carbocycles. The van der Waals surface area contributed by atoms with Gasteiger partial charge in [-0.25, -0.2) is 0 Å². The molecule has 0 N–H and O–H groups in total. The second kappa shape index (κ2) is 17.5. The Morgan fingerprint density at radius 2 is 0.611 bits per heavy atom. The minimum Gasteiger partial charge on any atom is -0.160 e. The SMILES string of the molecule is C(SCC(CSCC1CS1)(CSCC1CS1)CSCC1CS1)C1CS1.C(SCC1CS1)SCC1CS1. The topological polar surface area (TPSA) is 0 Å². The molecule has 6 rings (SSSR count). The third kappa shape index (κ3) is 15.6.